The molecule has 2 aromatic rings. The fraction of sp³-hybridized carbons (Fsp3) is 0.500. The zero-order chi connectivity index (χ0) is 15.4. The highest BCUT2D eigenvalue weighted by atomic mass is 15.3. The van der Waals surface area contributed by atoms with Crippen LogP contribution in [0.25, 0.3) is 0 Å². The third kappa shape index (κ3) is 3.94. The van der Waals surface area contributed by atoms with Gasteiger partial charge in [0.15, 0.2) is 0 Å². The van der Waals surface area contributed by atoms with Crippen molar-refractivity contribution in [2.24, 2.45) is 7.05 Å². The summed E-state index contributed by atoms with van der Waals surface area (Å²) in [5, 5.41) is 8.06. The molecule has 0 saturated heterocycles. The Balaban J connectivity index is 2.18. The minimum atomic E-state index is 0.327. The molecular formula is C18H27N3. The molecule has 1 aromatic heterocycles. The molecule has 0 amide bonds. The molecule has 0 aliphatic rings. The maximum atomic E-state index is 4.47. The molecule has 0 bridgehead atoms. The highest BCUT2D eigenvalue weighted by Crippen LogP contribution is 2.22. The molecule has 21 heavy (non-hydrogen) atoms. The first-order chi connectivity index (χ1) is 10.0. The van der Waals surface area contributed by atoms with Gasteiger partial charge in [-0.3, -0.25) is 4.68 Å². The normalized spacial score (nSPS) is 12.9. The van der Waals surface area contributed by atoms with E-state index in [9.17, 15) is 0 Å². The number of likely N-dealkylation sites (N-methyl/N-ethyl adjacent to an activating group) is 1. The first-order valence-corrected chi connectivity index (χ1v) is 7.83. The molecule has 114 valence electrons. The molecule has 3 nitrogen and oxygen atoms in total. The number of hydrogen-bond acceptors (Lipinski definition) is 2. The van der Waals surface area contributed by atoms with Crippen molar-refractivity contribution >= 4 is 0 Å². The number of hydrogen-bond donors (Lipinski definition) is 1. The standard InChI is InChI=1S/C18H27N3/c1-6-19-18(17-12-21(5)20-14(17)4)11-15-7-9-16(10-8-15)13(2)3/h7-10,12-13,18-19H,6,11H2,1-5H3. The van der Waals surface area contributed by atoms with Crippen molar-refractivity contribution in [2.75, 3.05) is 6.54 Å². The summed E-state index contributed by atoms with van der Waals surface area (Å²) in [6.45, 7) is 9.66. The summed E-state index contributed by atoms with van der Waals surface area (Å²) in [7, 11) is 1.98. The summed E-state index contributed by atoms with van der Waals surface area (Å²) in [6, 6.07) is 9.34. The lowest BCUT2D eigenvalue weighted by Gasteiger charge is -2.18. The van der Waals surface area contributed by atoms with Crippen LogP contribution < -0.4 is 5.32 Å². The average molecular weight is 285 g/mol. The van der Waals surface area contributed by atoms with Crippen LogP contribution in [-0.2, 0) is 13.5 Å². The van der Waals surface area contributed by atoms with E-state index in [1.165, 1.54) is 16.7 Å². The SMILES string of the molecule is CCNC(Cc1ccc(C(C)C)cc1)c1cn(C)nc1C. The second kappa shape index (κ2) is 6.90. The van der Waals surface area contributed by atoms with Crippen molar-refractivity contribution in [3.63, 3.8) is 0 Å². The van der Waals surface area contributed by atoms with E-state index >= 15 is 0 Å². The second-order valence-corrected chi connectivity index (χ2v) is 6.05. The number of nitrogens with zero attached hydrogens (tertiary/aromatic N) is 2. The summed E-state index contributed by atoms with van der Waals surface area (Å²) in [4.78, 5) is 0. The van der Waals surface area contributed by atoms with Gasteiger partial charge in [-0.2, -0.15) is 5.10 Å². The molecule has 0 radical (unpaired) electrons. The van der Waals surface area contributed by atoms with Gasteiger partial charge in [0.05, 0.1) is 5.69 Å². The highest BCUT2D eigenvalue weighted by Gasteiger charge is 2.16. The summed E-state index contributed by atoms with van der Waals surface area (Å²) in [6.07, 6.45) is 3.13. The minimum Gasteiger partial charge on any atom is -0.310 e. The fourth-order valence-corrected chi connectivity index (χ4v) is 2.77. The van der Waals surface area contributed by atoms with Crippen LogP contribution in [-0.4, -0.2) is 16.3 Å². The summed E-state index contributed by atoms with van der Waals surface area (Å²) >= 11 is 0. The molecule has 0 spiro atoms. The van der Waals surface area contributed by atoms with E-state index in [0.717, 1.165) is 18.7 Å². The van der Waals surface area contributed by atoms with Crippen LogP contribution in [0, 0.1) is 6.92 Å². The molecule has 1 unspecified atom stereocenters. The van der Waals surface area contributed by atoms with E-state index < -0.39 is 0 Å². The molecule has 0 aliphatic heterocycles. The second-order valence-electron chi connectivity index (χ2n) is 6.05. The molecule has 1 heterocycles. The van der Waals surface area contributed by atoms with Gasteiger partial charge in [-0.25, -0.2) is 0 Å². The molecule has 3 heteroatoms. The van der Waals surface area contributed by atoms with Crippen molar-refractivity contribution < 1.29 is 0 Å². The zero-order valence-electron chi connectivity index (χ0n) is 13.9. The minimum absolute atomic E-state index is 0.327. The van der Waals surface area contributed by atoms with Gasteiger partial charge in [-0.05, 0) is 36.9 Å². The highest BCUT2D eigenvalue weighted by molar-refractivity contribution is 5.28. The van der Waals surface area contributed by atoms with Crippen LogP contribution in [0.2, 0.25) is 0 Å². The van der Waals surface area contributed by atoms with Crippen molar-refractivity contribution in [1.29, 1.82) is 0 Å². The quantitative estimate of drug-likeness (QED) is 0.876. The Morgan fingerprint density at radius 3 is 2.33 bits per heavy atom. The maximum absolute atomic E-state index is 4.47. The monoisotopic (exact) mass is 285 g/mol. The lowest BCUT2D eigenvalue weighted by Crippen LogP contribution is -2.23. The Bertz CT molecular complexity index is 567. The smallest absolute Gasteiger partial charge is 0.0641 e. The van der Waals surface area contributed by atoms with Crippen LogP contribution >= 0.6 is 0 Å². The predicted molar refractivity (Wildman–Crippen MR) is 88.6 cm³/mol. The molecule has 2 rings (SSSR count). The molecule has 1 atom stereocenters. The topological polar surface area (TPSA) is 29.9 Å². The van der Waals surface area contributed by atoms with Gasteiger partial charge in [0.1, 0.15) is 0 Å². The van der Waals surface area contributed by atoms with Crippen LogP contribution in [0.3, 0.4) is 0 Å². The van der Waals surface area contributed by atoms with Gasteiger partial charge in [0, 0.05) is 24.8 Å². The van der Waals surface area contributed by atoms with Crippen LogP contribution in [0.5, 0.6) is 0 Å². The van der Waals surface area contributed by atoms with E-state index in [4.69, 9.17) is 0 Å². The average Bonchev–Trinajstić information content (AvgIpc) is 2.78. The number of aryl methyl sites for hydroxylation is 2. The lowest BCUT2D eigenvalue weighted by atomic mass is 9.96. The molecule has 1 aromatic carbocycles. The largest absolute Gasteiger partial charge is 0.310 e. The summed E-state index contributed by atoms with van der Waals surface area (Å²) in [5.41, 5.74) is 5.18. The number of nitrogens with one attached hydrogen (secondary N) is 1. The molecule has 0 fully saturated rings. The van der Waals surface area contributed by atoms with E-state index in [1.807, 2.05) is 11.7 Å². The van der Waals surface area contributed by atoms with Crippen LogP contribution in [0.4, 0.5) is 0 Å². The summed E-state index contributed by atoms with van der Waals surface area (Å²) in [5.74, 6) is 0.587. The van der Waals surface area contributed by atoms with Crippen molar-refractivity contribution in [1.82, 2.24) is 15.1 Å². The van der Waals surface area contributed by atoms with Crippen molar-refractivity contribution in [3.05, 3.63) is 52.8 Å². The van der Waals surface area contributed by atoms with Gasteiger partial charge in [-0.1, -0.05) is 45.0 Å². The number of aromatic nitrogens is 2. The Kier molecular flexibility index (Phi) is 5.18. The number of rotatable bonds is 6. The molecule has 0 saturated carbocycles. The first-order valence-electron chi connectivity index (χ1n) is 7.83. The van der Waals surface area contributed by atoms with Crippen LogP contribution in [0.1, 0.15) is 55.1 Å². The Labute approximate surface area is 128 Å². The molecular weight excluding hydrogens is 258 g/mol. The molecule has 0 aliphatic carbocycles. The van der Waals surface area contributed by atoms with E-state index in [-0.39, 0.29) is 0 Å². The predicted octanol–water partition coefficient (Wildman–Crippen LogP) is 3.75. The van der Waals surface area contributed by atoms with E-state index in [1.54, 1.807) is 0 Å². The Morgan fingerprint density at radius 1 is 1.19 bits per heavy atom. The first kappa shape index (κ1) is 15.8. The van der Waals surface area contributed by atoms with Crippen molar-refractivity contribution in [3.8, 4) is 0 Å². The third-order valence-electron chi connectivity index (χ3n) is 3.96. The van der Waals surface area contributed by atoms with Crippen LogP contribution in [0.15, 0.2) is 30.5 Å². The van der Waals surface area contributed by atoms with Crippen molar-refractivity contribution in [2.45, 2.75) is 46.1 Å². The lowest BCUT2D eigenvalue weighted by molar-refractivity contribution is 0.547. The number of benzene rings is 1. The van der Waals surface area contributed by atoms with E-state index in [0.29, 0.717) is 12.0 Å². The zero-order valence-corrected chi connectivity index (χ0v) is 13.9. The van der Waals surface area contributed by atoms with E-state index in [2.05, 4.69) is 68.6 Å². The third-order valence-corrected chi connectivity index (χ3v) is 3.96. The maximum Gasteiger partial charge on any atom is 0.0641 e. The fourth-order valence-electron chi connectivity index (χ4n) is 2.77. The Morgan fingerprint density at radius 2 is 1.86 bits per heavy atom. The van der Waals surface area contributed by atoms with Gasteiger partial charge in [-0.15, -0.1) is 0 Å². The van der Waals surface area contributed by atoms with Gasteiger partial charge in [0.25, 0.3) is 0 Å². The Hall–Kier alpha value is -1.61. The van der Waals surface area contributed by atoms with Gasteiger partial charge in [0.2, 0.25) is 0 Å². The van der Waals surface area contributed by atoms with Gasteiger partial charge < -0.3 is 5.32 Å². The summed E-state index contributed by atoms with van der Waals surface area (Å²) < 4.78 is 1.90. The van der Waals surface area contributed by atoms with Gasteiger partial charge >= 0.3 is 0 Å². The molecule has 1 N–H and O–H groups in total.